The fourth-order valence-electron chi connectivity index (χ4n) is 3.25. The Kier molecular flexibility index (Phi) is 5.85. The number of nitrogens with one attached hydrogen (secondary N) is 1. The second-order valence-electron chi connectivity index (χ2n) is 7.74. The number of nitrogens with zero attached hydrogens (tertiary/aromatic N) is 3. The molecule has 1 N–H and O–H groups in total. The fourth-order valence-corrected chi connectivity index (χ4v) is 3.46. The summed E-state index contributed by atoms with van der Waals surface area (Å²) >= 11 is 6.05. The third kappa shape index (κ3) is 4.58. The third-order valence-corrected chi connectivity index (χ3v) is 5.43. The van der Waals surface area contributed by atoms with Gasteiger partial charge in [0.15, 0.2) is 11.5 Å². The van der Waals surface area contributed by atoms with Crippen LogP contribution in [0.15, 0.2) is 28.8 Å². The lowest BCUT2D eigenvalue weighted by Crippen LogP contribution is -2.36. The van der Waals surface area contributed by atoms with Crippen LogP contribution in [0.25, 0.3) is 22.9 Å². The van der Waals surface area contributed by atoms with E-state index in [-0.39, 0.29) is 32.6 Å². The number of alkyl halides is 8. The molecule has 0 saturated heterocycles. The molecule has 2 heterocycles. The van der Waals surface area contributed by atoms with E-state index in [1.165, 1.54) is 18.2 Å². The molecule has 0 bridgehead atoms. The predicted octanol–water partition coefficient (Wildman–Crippen LogP) is 5.96. The van der Waals surface area contributed by atoms with Crippen molar-refractivity contribution in [1.29, 1.82) is 0 Å². The molecule has 3 aromatic rings. The van der Waals surface area contributed by atoms with Crippen molar-refractivity contribution in [2.24, 2.45) is 7.05 Å². The number of rotatable bonds is 5. The number of oxazole rings is 1. The number of benzene rings is 1. The quantitative estimate of drug-likeness (QED) is 0.415. The van der Waals surface area contributed by atoms with Gasteiger partial charge in [-0.05, 0) is 31.0 Å². The highest BCUT2D eigenvalue weighted by Crippen LogP contribution is 2.50. The first-order chi connectivity index (χ1) is 16.1. The zero-order valence-electron chi connectivity index (χ0n) is 17.4. The summed E-state index contributed by atoms with van der Waals surface area (Å²) in [5.74, 6) is -7.51. The minimum atomic E-state index is -6.33. The third-order valence-electron chi connectivity index (χ3n) is 5.10. The van der Waals surface area contributed by atoms with Gasteiger partial charge in [-0.25, -0.2) is 4.98 Å². The Labute approximate surface area is 195 Å². The van der Waals surface area contributed by atoms with Crippen molar-refractivity contribution in [2.45, 2.75) is 37.2 Å². The molecular weight excluding hydrogens is 516 g/mol. The fraction of sp³-hybridized carbons (Fsp3) is 0.350. The van der Waals surface area contributed by atoms with Gasteiger partial charge in [-0.3, -0.25) is 9.48 Å². The molecule has 0 unspecified atom stereocenters. The number of hydrogen-bond donors (Lipinski definition) is 1. The van der Waals surface area contributed by atoms with E-state index in [0.717, 1.165) is 26.1 Å². The van der Waals surface area contributed by atoms with Crippen LogP contribution in [0.4, 0.5) is 35.1 Å². The van der Waals surface area contributed by atoms with Gasteiger partial charge < -0.3 is 9.73 Å². The van der Waals surface area contributed by atoms with E-state index in [9.17, 15) is 39.9 Å². The Bertz CT molecular complexity index is 1290. The van der Waals surface area contributed by atoms with Gasteiger partial charge in [0.25, 0.3) is 5.91 Å². The number of amides is 1. The maximum Gasteiger partial charge on any atom is 0.459 e. The molecule has 0 aliphatic heterocycles. The second kappa shape index (κ2) is 8.21. The summed E-state index contributed by atoms with van der Waals surface area (Å²) in [7, 11) is 0.743. The first-order valence-electron chi connectivity index (χ1n) is 9.77. The molecule has 1 aliphatic rings. The standard InChI is InChI=1S/C20H13ClF8N4O2/c1-33-14(13(19(24,25)26)15(32-33)18(22,23)20(27,28)29)17-30-7-12(35-17)8-2-5-11(21)10(6-8)16(34)31-9-3-4-9/h2,5-7,9H,3-4H2,1H3,(H,31,34). The second-order valence-corrected chi connectivity index (χ2v) is 8.14. The summed E-state index contributed by atoms with van der Waals surface area (Å²) in [6, 6.07) is 3.97. The zero-order chi connectivity index (χ0) is 25.9. The SMILES string of the molecule is Cn1nc(C(F)(F)C(F)(F)F)c(C(F)(F)F)c1-c1ncc(-c2ccc(Cl)c(C(=O)NC3CC3)c2)o1. The van der Waals surface area contributed by atoms with Crippen LogP contribution in [0.2, 0.25) is 5.02 Å². The molecule has 1 aliphatic carbocycles. The van der Waals surface area contributed by atoms with Gasteiger partial charge in [0, 0.05) is 18.7 Å². The highest BCUT2D eigenvalue weighted by atomic mass is 35.5. The van der Waals surface area contributed by atoms with Crippen molar-refractivity contribution in [3.63, 3.8) is 0 Å². The van der Waals surface area contributed by atoms with Crippen LogP contribution in [0, 0.1) is 0 Å². The number of hydrogen-bond acceptors (Lipinski definition) is 4. The average molecular weight is 529 g/mol. The summed E-state index contributed by atoms with van der Waals surface area (Å²) in [6.45, 7) is 0. The molecule has 1 amide bonds. The predicted molar refractivity (Wildman–Crippen MR) is 105 cm³/mol. The Morgan fingerprint density at radius 3 is 2.37 bits per heavy atom. The molecule has 1 aromatic carbocycles. The van der Waals surface area contributed by atoms with E-state index in [0.29, 0.717) is 0 Å². The van der Waals surface area contributed by atoms with Crippen LogP contribution < -0.4 is 5.32 Å². The van der Waals surface area contributed by atoms with Gasteiger partial charge in [0.05, 0.1) is 16.8 Å². The Balaban J connectivity index is 1.79. The molecular formula is C20H13ClF8N4O2. The van der Waals surface area contributed by atoms with Gasteiger partial charge in [-0.2, -0.15) is 40.2 Å². The van der Waals surface area contributed by atoms with E-state index >= 15 is 0 Å². The maximum absolute atomic E-state index is 13.9. The van der Waals surface area contributed by atoms with E-state index in [1.807, 2.05) is 0 Å². The lowest BCUT2D eigenvalue weighted by molar-refractivity contribution is -0.292. The van der Waals surface area contributed by atoms with Crippen molar-refractivity contribution in [3.05, 3.63) is 46.2 Å². The lowest BCUT2D eigenvalue weighted by atomic mass is 10.1. The highest BCUT2D eigenvalue weighted by Gasteiger charge is 2.64. The van der Waals surface area contributed by atoms with Crippen LogP contribution in [-0.4, -0.2) is 32.9 Å². The van der Waals surface area contributed by atoms with Crippen LogP contribution in [0.1, 0.15) is 34.5 Å². The summed E-state index contributed by atoms with van der Waals surface area (Å²) in [6.07, 6.45) is -9.46. The van der Waals surface area contributed by atoms with Crippen LogP contribution >= 0.6 is 11.6 Å². The molecule has 0 atom stereocenters. The molecule has 35 heavy (non-hydrogen) atoms. The highest BCUT2D eigenvalue weighted by molar-refractivity contribution is 6.34. The van der Waals surface area contributed by atoms with Crippen molar-refractivity contribution in [3.8, 4) is 22.9 Å². The van der Waals surface area contributed by atoms with Gasteiger partial charge in [-0.15, -0.1) is 0 Å². The molecule has 1 saturated carbocycles. The van der Waals surface area contributed by atoms with Crippen LogP contribution in [0.5, 0.6) is 0 Å². The van der Waals surface area contributed by atoms with Gasteiger partial charge >= 0.3 is 18.3 Å². The smallest absolute Gasteiger partial charge is 0.435 e. The normalized spacial score (nSPS) is 14.9. The van der Waals surface area contributed by atoms with Crippen LogP contribution in [-0.2, 0) is 19.1 Å². The average Bonchev–Trinajstić information content (AvgIpc) is 3.27. The topological polar surface area (TPSA) is 73.0 Å². The number of carbonyl (C=O) groups excluding carboxylic acids is 1. The van der Waals surface area contributed by atoms with Gasteiger partial charge in [-0.1, -0.05) is 11.6 Å². The van der Waals surface area contributed by atoms with Crippen molar-refractivity contribution < 1.29 is 44.3 Å². The van der Waals surface area contributed by atoms with Crippen molar-refractivity contribution in [2.75, 3.05) is 0 Å². The Morgan fingerprint density at radius 1 is 1.14 bits per heavy atom. The minimum absolute atomic E-state index is 0.00811. The molecule has 0 radical (unpaired) electrons. The van der Waals surface area contributed by atoms with Gasteiger partial charge in [0.2, 0.25) is 5.89 Å². The number of carbonyl (C=O) groups is 1. The lowest BCUT2D eigenvalue weighted by Gasteiger charge is -2.19. The van der Waals surface area contributed by atoms with Crippen LogP contribution in [0.3, 0.4) is 0 Å². The molecule has 188 valence electrons. The maximum atomic E-state index is 13.9. The summed E-state index contributed by atoms with van der Waals surface area (Å²) in [5.41, 5.74) is -5.91. The first-order valence-corrected chi connectivity index (χ1v) is 10.1. The molecule has 4 rings (SSSR count). The molecule has 1 fully saturated rings. The number of aryl methyl sites for hydroxylation is 1. The van der Waals surface area contributed by atoms with E-state index in [4.69, 9.17) is 16.0 Å². The van der Waals surface area contributed by atoms with Crippen molar-refractivity contribution >= 4 is 17.5 Å². The molecule has 6 nitrogen and oxygen atoms in total. The Morgan fingerprint density at radius 2 is 1.80 bits per heavy atom. The molecule has 0 spiro atoms. The molecule has 15 heteroatoms. The first kappa shape index (κ1) is 24.9. The number of aromatic nitrogens is 3. The molecule has 2 aromatic heterocycles. The van der Waals surface area contributed by atoms with E-state index in [2.05, 4.69) is 15.4 Å². The Hall–Kier alpha value is -3.16. The summed E-state index contributed by atoms with van der Waals surface area (Å²) in [4.78, 5) is 16.0. The van der Waals surface area contributed by atoms with Crippen molar-refractivity contribution in [1.82, 2.24) is 20.1 Å². The minimum Gasteiger partial charge on any atom is -0.435 e. The van der Waals surface area contributed by atoms with E-state index in [1.54, 1.807) is 0 Å². The summed E-state index contributed by atoms with van der Waals surface area (Å²) in [5, 5.41) is 5.60. The largest absolute Gasteiger partial charge is 0.459 e. The van der Waals surface area contributed by atoms with Gasteiger partial charge in [0.1, 0.15) is 11.3 Å². The number of halogens is 9. The summed E-state index contributed by atoms with van der Waals surface area (Å²) < 4.78 is 113. The monoisotopic (exact) mass is 528 g/mol. The zero-order valence-corrected chi connectivity index (χ0v) is 18.1. The van der Waals surface area contributed by atoms with E-state index < -0.39 is 47.0 Å².